The predicted octanol–water partition coefficient (Wildman–Crippen LogP) is 3.61. The van der Waals surface area contributed by atoms with E-state index in [1.807, 2.05) is 26.8 Å². The molecule has 1 aromatic carbocycles. The molecule has 0 fully saturated rings. The minimum atomic E-state index is -0.219. The van der Waals surface area contributed by atoms with Crippen molar-refractivity contribution in [1.29, 1.82) is 0 Å². The van der Waals surface area contributed by atoms with E-state index in [4.69, 9.17) is 0 Å². The number of benzene rings is 1. The van der Waals surface area contributed by atoms with Crippen molar-refractivity contribution in [2.75, 3.05) is 0 Å². The highest BCUT2D eigenvalue weighted by molar-refractivity contribution is 9.09. The van der Waals surface area contributed by atoms with Crippen LogP contribution in [0.15, 0.2) is 24.3 Å². The number of aryl methyl sites for hydroxylation is 2. The third kappa shape index (κ3) is 4.81. The molecule has 0 aliphatic carbocycles. The lowest BCUT2D eigenvalue weighted by atomic mass is 10.0. The molecular weight excluding hydrogens is 290 g/mol. The minimum absolute atomic E-state index is 0.104. The van der Waals surface area contributed by atoms with E-state index in [1.54, 1.807) is 0 Å². The standard InChI is InChI=1S/C15H22BrNO/c1-11-6-5-7-13(10-11)8-9-14(18)17-15(3,4)12(2)16/h5-7,10,12H,8-9H2,1-4H3,(H,17,18). The molecule has 0 saturated carbocycles. The average Bonchev–Trinajstić information content (AvgIpc) is 2.25. The molecule has 0 aromatic heterocycles. The van der Waals surface area contributed by atoms with Gasteiger partial charge in [-0.25, -0.2) is 0 Å². The number of carbonyl (C=O) groups excluding carboxylic acids is 1. The van der Waals surface area contributed by atoms with Crippen LogP contribution in [-0.2, 0) is 11.2 Å². The van der Waals surface area contributed by atoms with Crippen molar-refractivity contribution in [2.45, 2.75) is 50.9 Å². The van der Waals surface area contributed by atoms with Crippen LogP contribution in [0.25, 0.3) is 0 Å². The molecule has 1 unspecified atom stereocenters. The first-order chi connectivity index (χ1) is 8.31. The number of hydrogen-bond acceptors (Lipinski definition) is 1. The van der Waals surface area contributed by atoms with E-state index in [0.717, 1.165) is 6.42 Å². The largest absolute Gasteiger partial charge is 0.350 e. The quantitative estimate of drug-likeness (QED) is 0.827. The molecule has 1 N–H and O–H groups in total. The summed E-state index contributed by atoms with van der Waals surface area (Å²) in [7, 11) is 0. The van der Waals surface area contributed by atoms with Crippen molar-refractivity contribution < 1.29 is 4.79 Å². The van der Waals surface area contributed by atoms with Gasteiger partial charge in [-0.2, -0.15) is 0 Å². The number of amides is 1. The molecular formula is C15H22BrNO. The summed E-state index contributed by atoms with van der Waals surface area (Å²) in [4.78, 5) is 12.1. The molecule has 1 rings (SSSR count). The van der Waals surface area contributed by atoms with Crippen LogP contribution in [0.3, 0.4) is 0 Å². The second-order valence-electron chi connectivity index (χ2n) is 5.37. The first kappa shape index (κ1) is 15.2. The maximum atomic E-state index is 11.9. The molecule has 1 amide bonds. The van der Waals surface area contributed by atoms with Gasteiger partial charge in [0.1, 0.15) is 0 Å². The smallest absolute Gasteiger partial charge is 0.220 e. The Balaban J connectivity index is 2.47. The minimum Gasteiger partial charge on any atom is -0.350 e. The van der Waals surface area contributed by atoms with Gasteiger partial charge in [-0.15, -0.1) is 0 Å². The molecule has 1 atom stereocenters. The van der Waals surface area contributed by atoms with Gasteiger partial charge in [-0.05, 0) is 32.8 Å². The van der Waals surface area contributed by atoms with E-state index in [9.17, 15) is 4.79 Å². The van der Waals surface area contributed by atoms with Crippen LogP contribution in [0.5, 0.6) is 0 Å². The molecule has 18 heavy (non-hydrogen) atoms. The zero-order valence-electron chi connectivity index (χ0n) is 11.6. The van der Waals surface area contributed by atoms with Crippen molar-refractivity contribution in [3.05, 3.63) is 35.4 Å². The zero-order valence-corrected chi connectivity index (χ0v) is 13.2. The maximum absolute atomic E-state index is 11.9. The van der Waals surface area contributed by atoms with Crippen molar-refractivity contribution in [3.63, 3.8) is 0 Å². The Morgan fingerprint density at radius 2 is 2.11 bits per heavy atom. The second kappa shape index (κ2) is 6.37. The zero-order chi connectivity index (χ0) is 13.8. The van der Waals surface area contributed by atoms with Gasteiger partial charge in [0, 0.05) is 16.8 Å². The Kier molecular flexibility index (Phi) is 5.39. The molecule has 0 saturated heterocycles. The lowest BCUT2D eigenvalue weighted by Gasteiger charge is -2.29. The number of alkyl halides is 1. The number of halogens is 1. The van der Waals surface area contributed by atoms with Crippen LogP contribution in [-0.4, -0.2) is 16.3 Å². The van der Waals surface area contributed by atoms with Gasteiger partial charge >= 0.3 is 0 Å². The molecule has 2 nitrogen and oxygen atoms in total. The van der Waals surface area contributed by atoms with Gasteiger partial charge in [0.05, 0.1) is 0 Å². The van der Waals surface area contributed by atoms with Crippen LogP contribution in [0, 0.1) is 6.92 Å². The molecule has 0 spiro atoms. The topological polar surface area (TPSA) is 29.1 Å². The Morgan fingerprint density at radius 3 is 2.67 bits per heavy atom. The molecule has 100 valence electrons. The number of carbonyl (C=O) groups is 1. The molecule has 0 aliphatic rings. The summed E-state index contributed by atoms with van der Waals surface area (Å²) in [5.41, 5.74) is 2.24. The van der Waals surface area contributed by atoms with E-state index in [2.05, 4.69) is 46.4 Å². The third-order valence-corrected chi connectivity index (χ3v) is 4.32. The van der Waals surface area contributed by atoms with Gasteiger partial charge < -0.3 is 5.32 Å². The Morgan fingerprint density at radius 1 is 1.44 bits per heavy atom. The fourth-order valence-electron chi connectivity index (χ4n) is 1.65. The van der Waals surface area contributed by atoms with Gasteiger partial charge in [0.25, 0.3) is 0 Å². The summed E-state index contributed by atoms with van der Waals surface area (Å²) < 4.78 is 0. The van der Waals surface area contributed by atoms with Gasteiger partial charge in [0.15, 0.2) is 0 Å². The number of nitrogens with one attached hydrogen (secondary N) is 1. The van der Waals surface area contributed by atoms with Crippen molar-refractivity contribution in [1.82, 2.24) is 5.32 Å². The summed E-state index contributed by atoms with van der Waals surface area (Å²) in [6.07, 6.45) is 1.33. The first-order valence-corrected chi connectivity index (χ1v) is 7.23. The summed E-state index contributed by atoms with van der Waals surface area (Å²) in [6, 6.07) is 8.30. The summed E-state index contributed by atoms with van der Waals surface area (Å²) in [5, 5.41) is 3.05. The summed E-state index contributed by atoms with van der Waals surface area (Å²) >= 11 is 3.52. The molecule has 0 bridgehead atoms. The summed E-state index contributed by atoms with van der Waals surface area (Å²) in [6.45, 7) is 8.16. The monoisotopic (exact) mass is 311 g/mol. The lowest BCUT2D eigenvalue weighted by Crippen LogP contribution is -2.48. The van der Waals surface area contributed by atoms with Crippen LogP contribution >= 0.6 is 15.9 Å². The van der Waals surface area contributed by atoms with Gasteiger partial charge in [0.2, 0.25) is 5.91 Å². The van der Waals surface area contributed by atoms with E-state index >= 15 is 0 Å². The van der Waals surface area contributed by atoms with Gasteiger partial charge in [-0.1, -0.05) is 52.7 Å². The second-order valence-corrected chi connectivity index (χ2v) is 6.75. The Hall–Kier alpha value is -0.830. The Labute approximate surface area is 118 Å². The van der Waals surface area contributed by atoms with E-state index in [0.29, 0.717) is 6.42 Å². The third-order valence-electron chi connectivity index (χ3n) is 3.18. The van der Waals surface area contributed by atoms with Crippen LogP contribution < -0.4 is 5.32 Å². The molecule has 0 aliphatic heterocycles. The SMILES string of the molecule is Cc1cccc(CCC(=O)NC(C)(C)C(C)Br)c1. The van der Waals surface area contributed by atoms with Gasteiger partial charge in [-0.3, -0.25) is 4.79 Å². The van der Waals surface area contributed by atoms with Crippen molar-refractivity contribution in [2.24, 2.45) is 0 Å². The van der Waals surface area contributed by atoms with E-state index in [-0.39, 0.29) is 16.3 Å². The first-order valence-electron chi connectivity index (χ1n) is 6.32. The molecule has 0 heterocycles. The molecule has 1 aromatic rings. The summed E-state index contributed by atoms with van der Waals surface area (Å²) in [5.74, 6) is 0.104. The van der Waals surface area contributed by atoms with E-state index < -0.39 is 0 Å². The van der Waals surface area contributed by atoms with Crippen LogP contribution in [0.2, 0.25) is 0 Å². The van der Waals surface area contributed by atoms with Crippen LogP contribution in [0.1, 0.15) is 38.3 Å². The van der Waals surface area contributed by atoms with E-state index in [1.165, 1.54) is 11.1 Å². The number of rotatable bonds is 5. The van der Waals surface area contributed by atoms with Crippen molar-refractivity contribution in [3.8, 4) is 0 Å². The fourth-order valence-corrected chi connectivity index (χ4v) is 1.76. The normalized spacial score (nSPS) is 13.2. The maximum Gasteiger partial charge on any atom is 0.220 e. The highest BCUT2D eigenvalue weighted by Crippen LogP contribution is 2.17. The lowest BCUT2D eigenvalue weighted by molar-refractivity contribution is -0.122. The average molecular weight is 312 g/mol. The number of hydrogen-bond donors (Lipinski definition) is 1. The Bertz CT molecular complexity index is 413. The highest BCUT2D eigenvalue weighted by Gasteiger charge is 2.25. The predicted molar refractivity (Wildman–Crippen MR) is 80.1 cm³/mol. The highest BCUT2D eigenvalue weighted by atomic mass is 79.9. The fraction of sp³-hybridized carbons (Fsp3) is 0.533. The molecule has 3 heteroatoms. The molecule has 0 radical (unpaired) electrons. The van der Waals surface area contributed by atoms with Crippen LogP contribution in [0.4, 0.5) is 0 Å². The van der Waals surface area contributed by atoms with Crippen molar-refractivity contribution >= 4 is 21.8 Å².